The number of amides is 2. The molecule has 0 radical (unpaired) electrons. The zero-order valence-electron chi connectivity index (χ0n) is 14.1. The molecule has 2 fully saturated rings. The summed E-state index contributed by atoms with van der Waals surface area (Å²) in [6.45, 7) is 5.40. The van der Waals surface area contributed by atoms with Gasteiger partial charge in [-0.1, -0.05) is 12.1 Å². The predicted octanol–water partition coefficient (Wildman–Crippen LogP) is 2.72. The highest BCUT2D eigenvalue weighted by atomic mass is 16.6. The maximum atomic E-state index is 12.9. The van der Waals surface area contributed by atoms with Gasteiger partial charge in [0.1, 0.15) is 5.58 Å². The first kappa shape index (κ1) is 15.1. The molecule has 0 aliphatic carbocycles. The molecule has 2 aliphatic heterocycles. The first-order chi connectivity index (χ1) is 11.4. The lowest BCUT2D eigenvalue weighted by Gasteiger charge is -2.21. The molecule has 2 saturated heterocycles. The van der Waals surface area contributed by atoms with E-state index in [1.165, 1.54) is 0 Å². The van der Waals surface area contributed by atoms with Crippen LogP contribution in [0.4, 0.5) is 4.79 Å². The average Bonchev–Trinajstić information content (AvgIpc) is 3.16. The molecule has 4 rings (SSSR count). The number of carbonyl (C=O) groups excluding carboxylic acids is 2. The van der Waals surface area contributed by atoms with Crippen LogP contribution in [-0.4, -0.2) is 54.1 Å². The number of hydrogen-bond acceptors (Lipinski definition) is 4. The molecule has 6 nitrogen and oxygen atoms in total. The standard InChI is InChI=1S/C18H20N2O4/c1-11-4-5-13-12(2)15(23-14(13)8-11)16(21)20-7-6-18(10-20)9-19(3)17(22)24-18/h4-5,8H,6-7,9-10H2,1-3H3. The van der Waals surface area contributed by atoms with Crippen molar-refractivity contribution in [3.8, 4) is 0 Å². The van der Waals surface area contributed by atoms with Crippen molar-refractivity contribution in [2.45, 2.75) is 25.9 Å². The Labute approximate surface area is 140 Å². The summed E-state index contributed by atoms with van der Waals surface area (Å²) in [7, 11) is 1.72. The SMILES string of the molecule is Cc1ccc2c(C)c(C(=O)N3CCC4(CN(C)C(=O)O4)C3)oc2c1. The summed E-state index contributed by atoms with van der Waals surface area (Å²) in [5, 5.41) is 0.963. The second-order valence-electron chi connectivity index (χ2n) is 6.94. The van der Waals surface area contributed by atoms with E-state index in [4.69, 9.17) is 9.15 Å². The summed E-state index contributed by atoms with van der Waals surface area (Å²) < 4.78 is 11.3. The van der Waals surface area contributed by atoms with Crippen LogP contribution in [0.1, 0.15) is 28.1 Å². The number of rotatable bonds is 1. The van der Waals surface area contributed by atoms with Gasteiger partial charge < -0.3 is 19.0 Å². The van der Waals surface area contributed by atoms with Gasteiger partial charge in [0.25, 0.3) is 5.91 Å². The molecule has 2 aliphatic rings. The molecule has 126 valence electrons. The minimum absolute atomic E-state index is 0.135. The lowest BCUT2D eigenvalue weighted by atomic mass is 10.0. The van der Waals surface area contributed by atoms with Crippen LogP contribution in [0.3, 0.4) is 0 Å². The van der Waals surface area contributed by atoms with Crippen LogP contribution in [0, 0.1) is 13.8 Å². The van der Waals surface area contributed by atoms with E-state index in [9.17, 15) is 9.59 Å². The monoisotopic (exact) mass is 328 g/mol. The molecule has 24 heavy (non-hydrogen) atoms. The zero-order chi connectivity index (χ0) is 17.1. The molecular formula is C18H20N2O4. The van der Waals surface area contributed by atoms with Gasteiger partial charge in [0.05, 0.1) is 13.1 Å². The number of fused-ring (bicyclic) bond motifs is 1. The number of ether oxygens (including phenoxy) is 1. The van der Waals surface area contributed by atoms with Crippen molar-refractivity contribution >= 4 is 23.0 Å². The Kier molecular flexibility index (Phi) is 3.13. The largest absolute Gasteiger partial charge is 0.451 e. The maximum absolute atomic E-state index is 12.9. The molecule has 0 N–H and O–H groups in total. The fourth-order valence-corrected chi connectivity index (χ4v) is 3.70. The Hall–Kier alpha value is -2.50. The van der Waals surface area contributed by atoms with Gasteiger partial charge in [0.15, 0.2) is 11.4 Å². The lowest BCUT2D eigenvalue weighted by molar-refractivity contribution is 0.0540. The fraction of sp³-hybridized carbons (Fsp3) is 0.444. The summed E-state index contributed by atoms with van der Waals surface area (Å²) in [6, 6.07) is 5.94. The second kappa shape index (κ2) is 5.00. The van der Waals surface area contributed by atoms with E-state index >= 15 is 0 Å². The number of hydrogen-bond donors (Lipinski definition) is 0. The smallest absolute Gasteiger partial charge is 0.410 e. The van der Waals surface area contributed by atoms with Crippen LogP contribution < -0.4 is 0 Å². The lowest BCUT2D eigenvalue weighted by Crippen LogP contribution is -2.39. The highest BCUT2D eigenvalue weighted by Crippen LogP contribution is 2.34. The van der Waals surface area contributed by atoms with Crippen LogP contribution in [0.2, 0.25) is 0 Å². The zero-order valence-corrected chi connectivity index (χ0v) is 14.1. The van der Waals surface area contributed by atoms with E-state index in [2.05, 4.69) is 0 Å². The first-order valence-electron chi connectivity index (χ1n) is 8.12. The number of carbonyl (C=O) groups is 2. The predicted molar refractivity (Wildman–Crippen MR) is 88.1 cm³/mol. The summed E-state index contributed by atoms with van der Waals surface area (Å²) in [6.07, 6.45) is 0.340. The van der Waals surface area contributed by atoms with Gasteiger partial charge in [0, 0.05) is 31.0 Å². The molecule has 0 bridgehead atoms. The maximum Gasteiger partial charge on any atom is 0.410 e. The van der Waals surface area contributed by atoms with Gasteiger partial charge in [-0.2, -0.15) is 0 Å². The summed E-state index contributed by atoms with van der Waals surface area (Å²) in [5.41, 5.74) is 2.11. The minimum Gasteiger partial charge on any atom is -0.451 e. The third-order valence-electron chi connectivity index (χ3n) is 5.03. The number of likely N-dealkylation sites (tertiary alicyclic amines) is 1. The molecule has 2 amide bonds. The highest BCUT2D eigenvalue weighted by molar-refractivity contribution is 5.99. The first-order valence-corrected chi connectivity index (χ1v) is 8.12. The molecule has 3 heterocycles. The van der Waals surface area contributed by atoms with E-state index in [-0.39, 0.29) is 12.0 Å². The molecule has 0 saturated carbocycles. The Balaban J connectivity index is 1.61. The molecule has 1 unspecified atom stereocenters. The molecule has 1 spiro atoms. The van der Waals surface area contributed by atoms with Gasteiger partial charge in [-0.25, -0.2) is 4.79 Å². The summed E-state index contributed by atoms with van der Waals surface area (Å²) >= 11 is 0. The normalized spacial score (nSPS) is 23.5. The second-order valence-corrected chi connectivity index (χ2v) is 6.94. The van der Waals surface area contributed by atoms with Crippen molar-refractivity contribution < 1.29 is 18.7 Å². The fourth-order valence-electron chi connectivity index (χ4n) is 3.70. The Morgan fingerprint density at radius 3 is 2.75 bits per heavy atom. The summed E-state index contributed by atoms with van der Waals surface area (Å²) in [5.74, 6) is 0.245. The van der Waals surface area contributed by atoms with Crippen LogP contribution >= 0.6 is 0 Å². The highest BCUT2D eigenvalue weighted by Gasteiger charge is 2.50. The number of nitrogens with zero attached hydrogens (tertiary/aromatic N) is 2. The number of benzene rings is 1. The van der Waals surface area contributed by atoms with E-state index in [1.54, 1.807) is 16.8 Å². The average molecular weight is 328 g/mol. The van der Waals surface area contributed by atoms with Crippen LogP contribution in [0.15, 0.2) is 22.6 Å². The summed E-state index contributed by atoms with van der Waals surface area (Å²) in [4.78, 5) is 27.9. The van der Waals surface area contributed by atoms with Gasteiger partial charge in [-0.05, 0) is 25.5 Å². The van der Waals surface area contributed by atoms with E-state index in [0.717, 1.165) is 22.1 Å². The van der Waals surface area contributed by atoms with Crippen molar-refractivity contribution in [2.24, 2.45) is 0 Å². The van der Waals surface area contributed by atoms with Crippen molar-refractivity contribution in [3.63, 3.8) is 0 Å². The van der Waals surface area contributed by atoms with Crippen molar-refractivity contribution in [2.75, 3.05) is 26.7 Å². The van der Waals surface area contributed by atoms with Gasteiger partial charge in [0.2, 0.25) is 0 Å². The van der Waals surface area contributed by atoms with Crippen molar-refractivity contribution in [1.82, 2.24) is 9.80 Å². The number of aryl methyl sites for hydroxylation is 2. The third-order valence-corrected chi connectivity index (χ3v) is 5.03. The van der Waals surface area contributed by atoms with E-state index in [0.29, 0.717) is 31.8 Å². The Morgan fingerprint density at radius 1 is 1.25 bits per heavy atom. The quantitative estimate of drug-likeness (QED) is 0.807. The Bertz CT molecular complexity index is 856. The Morgan fingerprint density at radius 2 is 2.04 bits per heavy atom. The molecule has 2 aromatic rings. The molecule has 6 heteroatoms. The van der Waals surface area contributed by atoms with Crippen molar-refractivity contribution in [1.29, 1.82) is 0 Å². The van der Waals surface area contributed by atoms with E-state index in [1.807, 2.05) is 32.0 Å². The van der Waals surface area contributed by atoms with Crippen molar-refractivity contribution in [3.05, 3.63) is 35.1 Å². The van der Waals surface area contributed by atoms with Gasteiger partial charge >= 0.3 is 6.09 Å². The van der Waals surface area contributed by atoms with Crippen LogP contribution in [0.5, 0.6) is 0 Å². The van der Waals surface area contributed by atoms with Crippen LogP contribution in [0.25, 0.3) is 11.0 Å². The number of furan rings is 1. The molecule has 1 aromatic heterocycles. The van der Waals surface area contributed by atoms with Crippen LogP contribution in [-0.2, 0) is 4.74 Å². The number of likely N-dealkylation sites (N-methyl/N-ethyl adjacent to an activating group) is 1. The molecule has 1 atom stereocenters. The third kappa shape index (κ3) is 2.17. The van der Waals surface area contributed by atoms with Gasteiger partial charge in [-0.3, -0.25) is 4.79 Å². The van der Waals surface area contributed by atoms with E-state index < -0.39 is 5.60 Å². The topological polar surface area (TPSA) is 63.0 Å². The minimum atomic E-state index is -0.571. The van der Waals surface area contributed by atoms with Gasteiger partial charge in [-0.15, -0.1) is 0 Å². The molecular weight excluding hydrogens is 308 g/mol. The molecule has 1 aromatic carbocycles.